The lowest BCUT2D eigenvalue weighted by molar-refractivity contribution is 1.36. The van der Waals surface area contributed by atoms with Gasteiger partial charge in [0, 0.05) is 41.9 Å². The molecule has 0 bridgehead atoms. The summed E-state index contributed by atoms with van der Waals surface area (Å²) in [4.78, 5) is 0. The van der Waals surface area contributed by atoms with Crippen molar-refractivity contribution in [2.75, 3.05) is 0 Å². The summed E-state index contributed by atoms with van der Waals surface area (Å²) in [6, 6.07) is 4.09. The van der Waals surface area contributed by atoms with E-state index in [1.807, 2.05) is 12.3 Å². The van der Waals surface area contributed by atoms with Gasteiger partial charge in [-0.25, -0.2) is 0 Å². The molecule has 0 radical (unpaired) electrons. The maximum atomic E-state index is 6.31. The molecular weight excluding hydrogens is 500 g/mol. The van der Waals surface area contributed by atoms with Gasteiger partial charge in [-0.1, -0.05) is 11.6 Å². The van der Waals surface area contributed by atoms with Crippen molar-refractivity contribution in [3.8, 4) is 0 Å². The van der Waals surface area contributed by atoms with Gasteiger partial charge in [0.25, 0.3) is 0 Å². The van der Waals surface area contributed by atoms with E-state index in [1.165, 1.54) is 5.56 Å². The van der Waals surface area contributed by atoms with Crippen molar-refractivity contribution in [1.29, 1.82) is 0 Å². The van der Waals surface area contributed by atoms with Gasteiger partial charge in [-0.3, -0.25) is 3.97 Å². The molecule has 0 spiro atoms. The first-order valence-electron chi connectivity index (χ1n) is 4.66. The molecule has 17 heavy (non-hydrogen) atoms. The molecule has 1 heterocycles. The lowest BCUT2D eigenvalue weighted by atomic mass is 10.0. The Hall–Kier alpha value is 0.830. The molecule has 1 nitrogen and oxygen atoms in total. The molecule has 0 amide bonds. The maximum absolute atomic E-state index is 6.31. The minimum Gasteiger partial charge on any atom is -0.281 e. The van der Waals surface area contributed by atoms with E-state index < -0.39 is 0 Å². The molecule has 1 aromatic carbocycles. The Balaban J connectivity index is 2.84. The largest absolute Gasteiger partial charge is 0.281 e. The molecular formula is C11H7Br2ClINS. The molecule has 90 valence electrons. The van der Waals surface area contributed by atoms with Crippen LogP contribution in [0.15, 0.2) is 21.7 Å². The van der Waals surface area contributed by atoms with E-state index in [2.05, 4.69) is 76.1 Å². The molecule has 0 aliphatic rings. The summed E-state index contributed by atoms with van der Waals surface area (Å²) >= 11 is 15.4. The topological polar surface area (TPSA) is 4.93 Å². The zero-order valence-electron chi connectivity index (χ0n) is 8.68. The number of nitrogens with zero attached hydrogens (tertiary/aromatic N) is 1. The maximum Gasteiger partial charge on any atom is 0.0791 e. The van der Waals surface area contributed by atoms with Crippen molar-refractivity contribution < 1.29 is 0 Å². The molecule has 0 N–H and O–H groups in total. The van der Waals surface area contributed by atoms with Gasteiger partial charge in [0.1, 0.15) is 0 Å². The van der Waals surface area contributed by atoms with Gasteiger partial charge in [-0.2, -0.15) is 0 Å². The van der Waals surface area contributed by atoms with E-state index in [0.29, 0.717) is 0 Å². The van der Waals surface area contributed by atoms with Crippen LogP contribution in [0.5, 0.6) is 0 Å². The highest BCUT2D eigenvalue weighted by molar-refractivity contribution is 14.2. The van der Waals surface area contributed by atoms with Crippen molar-refractivity contribution in [1.82, 2.24) is 3.97 Å². The molecule has 2 rings (SSSR count). The Kier molecular flexibility index (Phi) is 4.91. The quantitative estimate of drug-likeness (QED) is 0.418. The normalized spacial score (nSPS) is 10.9. The first-order valence-corrected chi connectivity index (χ1v) is 9.94. The van der Waals surface area contributed by atoms with Crippen LogP contribution in [0, 0.1) is 6.92 Å². The van der Waals surface area contributed by atoms with E-state index >= 15 is 0 Å². The number of hydrogen-bond donors (Lipinski definition) is 0. The predicted molar refractivity (Wildman–Crippen MR) is 94.5 cm³/mol. The van der Waals surface area contributed by atoms with Crippen molar-refractivity contribution >= 4 is 90.8 Å². The fraction of sp³-hybridized carbons (Fsp3) is 0.0909. The minimum absolute atomic E-state index is 0.787. The molecule has 0 aliphatic carbocycles. The molecule has 0 aliphatic heterocycles. The lowest BCUT2D eigenvalue weighted by Gasteiger charge is -2.07. The van der Waals surface area contributed by atoms with Crippen LogP contribution in [0.25, 0.3) is 17.0 Å². The van der Waals surface area contributed by atoms with Crippen LogP contribution in [-0.4, -0.2) is 3.97 Å². The zero-order chi connectivity index (χ0) is 12.6. The molecule has 0 atom stereocenters. The van der Waals surface area contributed by atoms with E-state index in [-0.39, 0.29) is 0 Å². The van der Waals surface area contributed by atoms with Crippen LogP contribution in [0.4, 0.5) is 0 Å². The fourth-order valence-corrected chi connectivity index (χ4v) is 3.99. The first kappa shape index (κ1) is 14.2. The van der Waals surface area contributed by atoms with E-state index in [4.69, 9.17) is 11.6 Å². The first-order chi connectivity index (χ1) is 8.04. The Morgan fingerprint density at radius 3 is 2.82 bits per heavy atom. The molecule has 0 saturated heterocycles. The van der Waals surface area contributed by atoms with Gasteiger partial charge in [-0.15, -0.1) is 0 Å². The predicted octanol–water partition coefficient (Wildman–Crippen LogP) is 6.54. The summed E-state index contributed by atoms with van der Waals surface area (Å²) in [6.45, 7) is 2.06. The Morgan fingerprint density at radius 1 is 1.53 bits per heavy atom. The molecule has 0 fully saturated rings. The number of halogens is 4. The average Bonchev–Trinajstić information content (AvgIpc) is 2.67. The van der Waals surface area contributed by atoms with Gasteiger partial charge in [0.2, 0.25) is 0 Å². The molecule has 0 saturated carbocycles. The zero-order valence-corrected chi connectivity index (χ0v) is 15.6. The summed E-state index contributed by atoms with van der Waals surface area (Å²) in [5.74, 6) is 0. The monoisotopic (exact) mass is 505 g/mol. The van der Waals surface area contributed by atoms with Gasteiger partial charge in [0.15, 0.2) is 0 Å². The SMILES string of the molecule is Cc1cc(Cl)c2c(ccn2SI)c1C=C(Br)Br. The summed E-state index contributed by atoms with van der Waals surface area (Å²) in [5, 5.41) is 1.95. The average molecular weight is 507 g/mol. The third kappa shape index (κ3) is 2.88. The van der Waals surface area contributed by atoms with Crippen molar-refractivity contribution in [3.63, 3.8) is 0 Å². The highest BCUT2D eigenvalue weighted by atomic mass is 127. The summed E-state index contributed by atoms with van der Waals surface area (Å²) in [6.07, 6.45) is 4.09. The Morgan fingerprint density at radius 2 is 2.24 bits per heavy atom. The van der Waals surface area contributed by atoms with Crippen molar-refractivity contribution in [3.05, 3.63) is 37.9 Å². The number of benzene rings is 1. The summed E-state index contributed by atoms with van der Waals surface area (Å²) < 4.78 is 2.99. The third-order valence-corrected chi connectivity index (χ3v) is 4.94. The number of rotatable bonds is 2. The smallest absolute Gasteiger partial charge is 0.0791 e. The Labute approximate surface area is 138 Å². The van der Waals surface area contributed by atoms with Crippen LogP contribution in [0.1, 0.15) is 11.1 Å². The number of hydrogen-bond acceptors (Lipinski definition) is 1. The minimum atomic E-state index is 0.787. The van der Waals surface area contributed by atoms with Gasteiger partial charge in [-0.05, 0) is 68.1 Å². The Bertz CT molecular complexity index is 605. The second-order valence-corrected chi connectivity index (χ2v) is 8.39. The van der Waals surface area contributed by atoms with Gasteiger partial charge in [0.05, 0.1) is 13.9 Å². The summed E-state index contributed by atoms with van der Waals surface area (Å²) in [5.41, 5.74) is 3.40. The second-order valence-electron chi connectivity index (χ2n) is 3.50. The third-order valence-electron chi connectivity index (χ3n) is 2.46. The highest BCUT2D eigenvalue weighted by Gasteiger charge is 2.11. The standard InChI is InChI=1S/C11H7Br2ClINS/c1-6-4-9(14)11-7(2-3-16(11)17-15)8(6)5-10(12)13/h2-5H,1H3. The van der Waals surface area contributed by atoms with Crippen LogP contribution in [0.2, 0.25) is 5.02 Å². The number of aryl methyl sites for hydroxylation is 1. The van der Waals surface area contributed by atoms with Crippen molar-refractivity contribution in [2.45, 2.75) is 6.92 Å². The van der Waals surface area contributed by atoms with E-state index in [1.54, 1.807) is 9.12 Å². The van der Waals surface area contributed by atoms with E-state index in [0.717, 1.165) is 24.9 Å². The second kappa shape index (κ2) is 5.86. The van der Waals surface area contributed by atoms with Crippen LogP contribution < -0.4 is 0 Å². The highest BCUT2D eigenvalue weighted by Crippen LogP contribution is 2.36. The molecule has 1 aromatic heterocycles. The lowest BCUT2D eigenvalue weighted by Crippen LogP contribution is -1.87. The van der Waals surface area contributed by atoms with Crippen LogP contribution in [-0.2, 0) is 0 Å². The summed E-state index contributed by atoms with van der Waals surface area (Å²) in [7, 11) is 1.61. The number of fused-ring (bicyclic) bond motifs is 1. The number of aromatic nitrogens is 1. The van der Waals surface area contributed by atoms with Gasteiger partial charge >= 0.3 is 0 Å². The van der Waals surface area contributed by atoms with Crippen LogP contribution in [0.3, 0.4) is 0 Å². The fourth-order valence-electron chi connectivity index (χ4n) is 1.77. The molecule has 0 unspecified atom stereocenters. The molecule has 6 heteroatoms. The van der Waals surface area contributed by atoms with Crippen molar-refractivity contribution in [2.24, 2.45) is 0 Å². The van der Waals surface area contributed by atoms with Crippen LogP contribution >= 0.6 is 73.8 Å². The van der Waals surface area contributed by atoms with E-state index in [9.17, 15) is 0 Å². The molecule has 2 aromatic rings. The van der Waals surface area contributed by atoms with Gasteiger partial charge < -0.3 is 0 Å².